The smallest absolute Gasteiger partial charge is 0.226 e. The van der Waals surface area contributed by atoms with E-state index in [2.05, 4.69) is 17.6 Å². The zero-order valence-electron chi connectivity index (χ0n) is 10.7. The van der Waals surface area contributed by atoms with Crippen LogP contribution in [0.15, 0.2) is 0 Å². The van der Waals surface area contributed by atoms with Gasteiger partial charge in [0.15, 0.2) is 0 Å². The molecule has 1 aliphatic heterocycles. The largest absolute Gasteiger partial charge is 0.396 e. The van der Waals surface area contributed by atoms with Gasteiger partial charge in [0.25, 0.3) is 0 Å². The fraction of sp³-hybridized carbons (Fsp3) is 0.923. The van der Waals surface area contributed by atoms with Gasteiger partial charge in [-0.1, -0.05) is 6.92 Å². The molecule has 1 heterocycles. The van der Waals surface area contributed by atoms with E-state index in [0.717, 1.165) is 45.2 Å². The number of piperidine rings is 1. The Hall–Kier alpha value is -0.610. The number of aliphatic hydroxyl groups is 1. The van der Waals surface area contributed by atoms with Crippen LogP contribution < -0.4 is 10.6 Å². The first-order valence-electron chi connectivity index (χ1n) is 6.76. The molecule has 1 amide bonds. The summed E-state index contributed by atoms with van der Waals surface area (Å²) >= 11 is 0. The van der Waals surface area contributed by atoms with Crippen molar-refractivity contribution in [2.75, 3.05) is 26.2 Å². The van der Waals surface area contributed by atoms with Crippen molar-refractivity contribution >= 4 is 5.91 Å². The van der Waals surface area contributed by atoms with E-state index in [0.29, 0.717) is 6.54 Å². The molecule has 1 saturated carbocycles. The number of carbonyl (C=O) groups is 1. The normalized spacial score (nSPS) is 25.3. The third-order valence-corrected chi connectivity index (χ3v) is 4.64. The Bertz CT molecular complexity index is 281. The van der Waals surface area contributed by atoms with Gasteiger partial charge in [-0.15, -0.1) is 0 Å². The number of amides is 1. The molecule has 2 fully saturated rings. The van der Waals surface area contributed by atoms with Crippen molar-refractivity contribution in [2.45, 2.75) is 39.0 Å². The zero-order chi connectivity index (χ0) is 12.4. The molecule has 3 N–H and O–H groups in total. The molecular formula is C13H24N2O2. The van der Waals surface area contributed by atoms with E-state index < -0.39 is 0 Å². The van der Waals surface area contributed by atoms with Crippen LogP contribution in [-0.2, 0) is 4.79 Å². The van der Waals surface area contributed by atoms with Crippen LogP contribution in [0.5, 0.6) is 0 Å². The quantitative estimate of drug-likeness (QED) is 0.661. The van der Waals surface area contributed by atoms with Crippen molar-refractivity contribution in [1.29, 1.82) is 0 Å². The number of carbonyl (C=O) groups excluding carboxylic acids is 1. The fourth-order valence-electron chi connectivity index (χ4n) is 2.67. The predicted octanol–water partition coefficient (Wildman–Crippen LogP) is 0.655. The molecule has 0 aromatic rings. The first kappa shape index (κ1) is 12.8. The van der Waals surface area contributed by atoms with Gasteiger partial charge in [0.1, 0.15) is 0 Å². The minimum Gasteiger partial charge on any atom is -0.396 e. The van der Waals surface area contributed by atoms with E-state index in [4.69, 9.17) is 0 Å². The Balaban J connectivity index is 1.88. The van der Waals surface area contributed by atoms with E-state index in [1.54, 1.807) is 0 Å². The van der Waals surface area contributed by atoms with Gasteiger partial charge in [-0.3, -0.25) is 4.79 Å². The standard InChI is InChI=1S/C13H24N2O2/c1-2-13(5-7-14-8-6-13)11(17)15-9-12(10-16)3-4-12/h14,16H,2-10H2,1H3,(H,15,17). The number of hydrogen-bond donors (Lipinski definition) is 3. The molecule has 2 rings (SSSR count). The topological polar surface area (TPSA) is 61.4 Å². The first-order valence-corrected chi connectivity index (χ1v) is 6.76. The SMILES string of the molecule is CCC1(C(=O)NCC2(CO)CC2)CCNCC1. The summed E-state index contributed by atoms with van der Waals surface area (Å²) in [5.41, 5.74) is -0.158. The van der Waals surface area contributed by atoms with Crippen molar-refractivity contribution < 1.29 is 9.90 Å². The molecule has 1 aliphatic carbocycles. The molecule has 0 aromatic carbocycles. The summed E-state index contributed by atoms with van der Waals surface area (Å²) in [4.78, 5) is 12.3. The lowest BCUT2D eigenvalue weighted by Crippen LogP contribution is -2.48. The molecule has 0 spiro atoms. The third kappa shape index (κ3) is 2.63. The maximum Gasteiger partial charge on any atom is 0.226 e. The molecule has 2 aliphatic rings. The van der Waals surface area contributed by atoms with Gasteiger partial charge in [0.2, 0.25) is 5.91 Å². The summed E-state index contributed by atoms with van der Waals surface area (Å²) in [6.45, 7) is 4.83. The highest BCUT2D eigenvalue weighted by atomic mass is 16.3. The van der Waals surface area contributed by atoms with Crippen LogP contribution in [0.3, 0.4) is 0 Å². The molecule has 0 bridgehead atoms. The monoisotopic (exact) mass is 240 g/mol. The van der Waals surface area contributed by atoms with Gasteiger partial charge in [-0.05, 0) is 45.2 Å². The molecule has 1 saturated heterocycles. The molecule has 17 heavy (non-hydrogen) atoms. The van der Waals surface area contributed by atoms with Crippen LogP contribution in [0, 0.1) is 10.8 Å². The second kappa shape index (κ2) is 4.94. The van der Waals surface area contributed by atoms with Crippen LogP contribution in [0.2, 0.25) is 0 Å². The fourth-order valence-corrected chi connectivity index (χ4v) is 2.67. The summed E-state index contributed by atoms with van der Waals surface area (Å²) in [6, 6.07) is 0. The lowest BCUT2D eigenvalue weighted by atomic mass is 9.76. The molecule has 0 radical (unpaired) electrons. The minimum absolute atomic E-state index is 0.0114. The van der Waals surface area contributed by atoms with E-state index in [9.17, 15) is 9.90 Å². The Morgan fingerprint density at radius 1 is 1.29 bits per heavy atom. The number of hydrogen-bond acceptors (Lipinski definition) is 3. The van der Waals surface area contributed by atoms with Crippen molar-refractivity contribution in [1.82, 2.24) is 10.6 Å². The highest BCUT2D eigenvalue weighted by Gasteiger charge is 2.44. The van der Waals surface area contributed by atoms with Crippen LogP contribution in [0.4, 0.5) is 0 Å². The van der Waals surface area contributed by atoms with Gasteiger partial charge in [-0.2, -0.15) is 0 Å². The van der Waals surface area contributed by atoms with E-state index in [-0.39, 0.29) is 23.3 Å². The van der Waals surface area contributed by atoms with Crippen LogP contribution in [0.1, 0.15) is 39.0 Å². The lowest BCUT2D eigenvalue weighted by molar-refractivity contribution is -0.133. The van der Waals surface area contributed by atoms with Crippen LogP contribution in [0.25, 0.3) is 0 Å². The number of rotatable bonds is 5. The molecular weight excluding hydrogens is 216 g/mol. The Kier molecular flexibility index (Phi) is 3.73. The maximum absolute atomic E-state index is 12.3. The highest BCUT2D eigenvalue weighted by Crippen LogP contribution is 2.44. The minimum atomic E-state index is -0.170. The number of nitrogens with one attached hydrogen (secondary N) is 2. The van der Waals surface area contributed by atoms with Gasteiger partial charge in [0, 0.05) is 12.0 Å². The van der Waals surface area contributed by atoms with Crippen LogP contribution in [-0.4, -0.2) is 37.3 Å². The summed E-state index contributed by atoms with van der Waals surface area (Å²) in [6.07, 6.45) is 4.87. The molecule has 4 heteroatoms. The average Bonchev–Trinajstić information content (AvgIpc) is 3.17. The van der Waals surface area contributed by atoms with Gasteiger partial charge < -0.3 is 15.7 Å². The molecule has 0 atom stereocenters. The summed E-state index contributed by atoms with van der Waals surface area (Å²) in [5.74, 6) is 0.196. The van der Waals surface area contributed by atoms with Gasteiger partial charge >= 0.3 is 0 Å². The van der Waals surface area contributed by atoms with E-state index >= 15 is 0 Å². The lowest BCUT2D eigenvalue weighted by Gasteiger charge is -2.35. The van der Waals surface area contributed by atoms with Gasteiger partial charge in [-0.25, -0.2) is 0 Å². The highest BCUT2D eigenvalue weighted by molar-refractivity contribution is 5.82. The third-order valence-electron chi connectivity index (χ3n) is 4.64. The summed E-state index contributed by atoms with van der Waals surface area (Å²) < 4.78 is 0. The number of aliphatic hydroxyl groups excluding tert-OH is 1. The van der Waals surface area contributed by atoms with Crippen molar-refractivity contribution in [3.05, 3.63) is 0 Å². The zero-order valence-corrected chi connectivity index (χ0v) is 10.7. The maximum atomic E-state index is 12.3. The van der Waals surface area contributed by atoms with Crippen molar-refractivity contribution in [3.8, 4) is 0 Å². The first-order chi connectivity index (χ1) is 8.16. The van der Waals surface area contributed by atoms with Crippen LogP contribution >= 0.6 is 0 Å². The van der Waals surface area contributed by atoms with E-state index in [1.165, 1.54) is 0 Å². The molecule has 0 unspecified atom stereocenters. The molecule has 98 valence electrons. The predicted molar refractivity (Wildman–Crippen MR) is 66.6 cm³/mol. The molecule has 4 nitrogen and oxygen atoms in total. The Labute approximate surface area is 103 Å². The second-order valence-electron chi connectivity index (χ2n) is 5.72. The summed E-state index contributed by atoms with van der Waals surface area (Å²) in [5, 5.41) is 15.6. The second-order valence-corrected chi connectivity index (χ2v) is 5.72. The summed E-state index contributed by atoms with van der Waals surface area (Å²) in [7, 11) is 0. The van der Waals surface area contributed by atoms with Gasteiger partial charge in [0.05, 0.1) is 12.0 Å². The Morgan fingerprint density at radius 2 is 1.94 bits per heavy atom. The van der Waals surface area contributed by atoms with Crippen molar-refractivity contribution in [2.24, 2.45) is 10.8 Å². The average molecular weight is 240 g/mol. The molecule has 0 aromatic heterocycles. The van der Waals surface area contributed by atoms with E-state index in [1.807, 2.05) is 0 Å². The Morgan fingerprint density at radius 3 is 2.41 bits per heavy atom. The van der Waals surface area contributed by atoms with Crippen molar-refractivity contribution in [3.63, 3.8) is 0 Å².